The van der Waals surface area contributed by atoms with E-state index in [0.717, 1.165) is 5.69 Å². The number of guanidine groups is 1. The first kappa shape index (κ1) is 17.7. The van der Waals surface area contributed by atoms with Crippen LogP contribution in [0.15, 0.2) is 29.4 Å². The molecule has 0 aliphatic heterocycles. The van der Waals surface area contributed by atoms with E-state index in [0.29, 0.717) is 46.5 Å². The molecule has 0 spiro atoms. The van der Waals surface area contributed by atoms with Crippen LogP contribution < -0.4 is 15.4 Å². The molecule has 2 rings (SSSR count). The highest BCUT2D eigenvalue weighted by Gasteiger charge is 2.09. The van der Waals surface area contributed by atoms with Crippen molar-refractivity contribution in [1.82, 2.24) is 20.8 Å². The maximum absolute atomic E-state index is 6.05. The van der Waals surface area contributed by atoms with E-state index in [2.05, 4.69) is 25.8 Å². The SMILES string of the molecule is CN=C(NCCOc1c(Cl)cc(Cl)cc1Cl)NCc1ccn[nH]1. The van der Waals surface area contributed by atoms with Crippen molar-refractivity contribution in [2.75, 3.05) is 20.2 Å². The Labute approximate surface area is 149 Å². The molecule has 0 aliphatic rings. The number of aromatic amines is 1. The molecule has 0 saturated heterocycles. The van der Waals surface area contributed by atoms with Crippen LogP contribution in [0.5, 0.6) is 5.75 Å². The van der Waals surface area contributed by atoms with Gasteiger partial charge < -0.3 is 15.4 Å². The summed E-state index contributed by atoms with van der Waals surface area (Å²) in [6, 6.07) is 5.05. The highest BCUT2D eigenvalue weighted by atomic mass is 35.5. The average Bonchev–Trinajstić information content (AvgIpc) is 3.01. The van der Waals surface area contributed by atoms with Gasteiger partial charge in [-0.2, -0.15) is 5.10 Å². The highest BCUT2D eigenvalue weighted by Crippen LogP contribution is 2.35. The summed E-state index contributed by atoms with van der Waals surface area (Å²) in [6.07, 6.45) is 1.70. The lowest BCUT2D eigenvalue weighted by atomic mass is 10.3. The predicted molar refractivity (Wildman–Crippen MR) is 93.8 cm³/mol. The van der Waals surface area contributed by atoms with Crippen LogP contribution in [-0.4, -0.2) is 36.4 Å². The molecule has 9 heteroatoms. The Morgan fingerprint density at radius 1 is 1.26 bits per heavy atom. The molecule has 1 aromatic carbocycles. The first-order valence-corrected chi connectivity index (χ1v) is 7.93. The van der Waals surface area contributed by atoms with Gasteiger partial charge in [0.25, 0.3) is 0 Å². The number of nitrogens with one attached hydrogen (secondary N) is 3. The van der Waals surface area contributed by atoms with Gasteiger partial charge in [-0.15, -0.1) is 0 Å². The summed E-state index contributed by atoms with van der Waals surface area (Å²) in [5.41, 5.74) is 0.962. The van der Waals surface area contributed by atoms with Gasteiger partial charge in [-0.3, -0.25) is 10.1 Å². The Hall–Kier alpha value is -1.63. The summed E-state index contributed by atoms with van der Waals surface area (Å²) >= 11 is 18.0. The Balaban J connectivity index is 1.76. The van der Waals surface area contributed by atoms with Crippen molar-refractivity contribution >= 4 is 40.8 Å². The lowest BCUT2D eigenvalue weighted by Crippen LogP contribution is -2.39. The van der Waals surface area contributed by atoms with E-state index in [4.69, 9.17) is 39.5 Å². The van der Waals surface area contributed by atoms with Crippen LogP contribution in [0.4, 0.5) is 0 Å². The lowest BCUT2D eigenvalue weighted by Gasteiger charge is -2.13. The van der Waals surface area contributed by atoms with Gasteiger partial charge in [0.2, 0.25) is 0 Å². The Morgan fingerprint density at radius 2 is 2.00 bits per heavy atom. The van der Waals surface area contributed by atoms with Crippen LogP contribution in [0.2, 0.25) is 15.1 Å². The molecule has 2 aromatic rings. The molecule has 0 radical (unpaired) electrons. The highest BCUT2D eigenvalue weighted by molar-refractivity contribution is 6.40. The van der Waals surface area contributed by atoms with Crippen LogP contribution in [0.1, 0.15) is 5.69 Å². The third kappa shape index (κ3) is 5.49. The maximum Gasteiger partial charge on any atom is 0.191 e. The molecule has 1 aromatic heterocycles. The van der Waals surface area contributed by atoms with E-state index < -0.39 is 0 Å². The fraction of sp³-hybridized carbons (Fsp3) is 0.286. The van der Waals surface area contributed by atoms with E-state index in [1.165, 1.54) is 0 Å². The van der Waals surface area contributed by atoms with E-state index >= 15 is 0 Å². The topological polar surface area (TPSA) is 74.3 Å². The molecule has 0 atom stereocenters. The summed E-state index contributed by atoms with van der Waals surface area (Å²) in [6.45, 7) is 1.49. The van der Waals surface area contributed by atoms with Crippen molar-refractivity contribution in [2.45, 2.75) is 6.54 Å². The zero-order chi connectivity index (χ0) is 16.7. The van der Waals surface area contributed by atoms with Gasteiger partial charge in [-0.25, -0.2) is 0 Å². The number of aliphatic imine (C=N–C) groups is 1. The number of halogens is 3. The van der Waals surface area contributed by atoms with Crippen LogP contribution in [0.25, 0.3) is 0 Å². The number of hydrogen-bond acceptors (Lipinski definition) is 3. The fourth-order valence-electron chi connectivity index (χ4n) is 1.77. The van der Waals surface area contributed by atoms with Crippen molar-refractivity contribution in [3.05, 3.63) is 45.2 Å². The van der Waals surface area contributed by atoms with E-state index in [1.54, 1.807) is 25.4 Å². The zero-order valence-corrected chi connectivity index (χ0v) is 14.6. The van der Waals surface area contributed by atoms with Crippen LogP contribution in [0, 0.1) is 0 Å². The molecule has 0 fully saturated rings. The minimum Gasteiger partial charge on any atom is -0.489 e. The molecule has 0 amide bonds. The summed E-state index contributed by atoms with van der Waals surface area (Å²) in [5.74, 6) is 1.07. The molecular formula is C14H16Cl3N5O. The molecule has 0 bridgehead atoms. The predicted octanol–water partition coefficient (Wildman–Crippen LogP) is 3.11. The summed E-state index contributed by atoms with van der Waals surface area (Å²) < 4.78 is 5.58. The van der Waals surface area contributed by atoms with Crippen molar-refractivity contribution in [3.63, 3.8) is 0 Å². The van der Waals surface area contributed by atoms with E-state index in [-0.39, 0.29) is 0 Å². The molecular weight excluding hydrogens is 361 g/mol. The second kappa shape index (κ2) is 8.86. The molecule has 0 aliphatic carbocycles. The van der Waals surface area contributed by atoms with Gasteiger partial charge in [0.05, 0.1) is 28.8 Å². The third-order valence-corrected chi connectivity index (χ3v) is 3.61. The molecule has 6 nitrogen and oxygen atoms in total. The van der Waals surface area contributed by atoms with Crippen LogP contribution in [-0.2, 0) is 6.54 Å². The number of H-pyrrole nitrogens is 1. The van der Waals surface area contributed by atoms with Crippen LogP contribution >= 0.6 is 34.8 Å². The molecule has 23 heavy (non-hydrogen) atoms. The van der Waals surface area contributed by atoms with Gasteiger partial charge in [0.15, 0.2) is 11.7 Å². The normalized spacial score (nSPS) is 11.4. The summed E-state index contributed by atoms with van der Waals surface area (Å²) in [7, 11) is 1.69. The van der Waals surface area contributed by atoms with E-state index in [1.807, 2.05) is 6.07 Å². The van der Waals surface area contributed by atoms with Gasteiger partial charge >= 0.3 is 0 Å². The number of aromatic nitrogens is 2. The Kier molecular flexibility index (Phi) is 6.83. The molecule has 0 saturated carbocycles. The minimum atomic E-state index is 0.367. The quantitative estimate of drug-likeness (QED) is 0.411. The van der Waals surface area contributed by atoms with Crippen molar-refractivity contribution < 1.29 is 4.74 Å². The first-order valence-electron chi connectivity index (χ1n) is 6.80. The Morgan fingerprint density at radius 3 is 2.61 bits per heavy atom. The van der Waals surface area contributed by atoms with Crippen molar-refractivity contribution in [2.24, 2.45) is 4.99 Å². The largest absolute Gasteiger partial charge is 0.489 e. The first-order chi connectivity index (χ1) is 11.1. The number of benzene rings is 1. The summed E-state index contributed by atoms with van der Waals surface area (Å²) in [4.78, 5) is 4.11. The monoisotopic (exact) mass is 375 g/mol. The molecule has 124 valence electrons. The number of hydrogen-bond donors (Lipinski definition) is 3. The lowest BCUT2D eigenvalue weighted by molar-refractivity contribution is 0.322. The van der Waals surface area contributed by atoms with Crippen molar-refractivity contribution in [1.29, 1.82) is 0 Å². The smallest absolute Gasteiger partial charge is 0.191 e. The molecule has 3 N–H and O–H groups in total. The molecule has 0 unspecified atom stereocenters. The minimum absolute atomic E-state index is 0.367. The van der Waals surface area contributed by atoms with Gasteiger partial charge in [-0.1, -0.05) is 34.8 Å². The summed E-state index contributed by atoms with van der Waals surface area (Å²) in [5, 5.41) is 14.2. The van der Waals surface area contributed by atoms with Crippen LogP contribution in [0.3, 0.4) is 0 Å². The molecule has 1 heterocycles. The van der Waals surface area contributed by atoms with E-state index in [9.17, 15) is 0 Å². The third-order valence-electron chi connectivity index (χ3n) is 2.83. The Bertz CT molecular complexity index is 637. The van der Waals surface area contributed by atoms with Crippen molar-refractivity contribution in [3.8, 4) is 5.75 Å². The number of nitrogens with zero attached hydrogens (tertiary/aromatic N) is 2. The average molecular weight is 377 g/mol. The standard InChI is InChI=1S/C14H16Cl3N5O/c1-18-14(20-8-10-2-3-21-22-10)19-4-5-23-13-11(16)6-9(15)7-12(13)17/h2-3,6-7H,4-5,8H2,1H3,(H,21,22)(H2,18,19,20). The second-order valence-corrected chi connectivity index (χ2v) is 5.73. The maximum atomic E-state index is 6.05. The number of ether oxygens (including phenoxy) is 1. The van der Waals surface area contributed by atoms with Gasteiger partial charge in [-0.05, 0) is 18.2 Å². The number of rotatable bonds is 6. The zero-order valence-electron chi connectivity index (χ0n) is 12.4. The van der Waals surface area contributed by atoms with Gasteiger partial charge in [0, 0.05) is 18.3 Å². The van der Waals surface area contributed by atoms with Gasteiger partial charge in [0.1, 0.15) is 6.61 Å². The fourth-order valence-corrected chi connectivity index (χ4v) is 2.70. The second-order valence-electron chi connectivity index (χ2n) is 4.48.